The maximum Gasteiger partial charge on any atom is 0.0125 e. The highest BCUT2D eigenvalue weighted by molar-refractivity contribution is 4.99. The van der Waals surface area contributed by atoms with E-state index in [1.807, 2.05) is 0 Å². The van der Waals surface area contributed by atoms with Crippen LogP contribution in [0.25, 0.3) is 0 Å². The van der Waals surface area contributed by atoms with Crippen LogP contribution in [-0.2, 0) is 0 Å². The predicted molar refractivity (Wildman–Crippen MR) is 166 cm³/mol. The molecule has 3 spiro atoms. The van der Waals surface area contributed by atoms with Crippen LogP contribution in [0, 0.1) is 16.2 Å². The largest absolute Gasteiger partial charge is 0.298 e. The van der Waals surface area contributed by atoms with Crippen molar-refractivity contribution >= 4 is 0 Å². The van der Waals surface area contributed by atoms with Gasteiger partial charge in [0.25, 0.3) is 0 Å². The zero-order chi connectivity index (χ0) is 27.9. The third-order valence-corrected chi connectivity index (χ3v) is 12.0. The van der Waals surface area contributed by atoms with E-state index in [0.29, 0.717) is 16.6 Å². The fourth-order valence-electron chi connectivity index (χ4n) is 8.46. The molecule has 0 amide bonds. The van der Waals surface area contributed by atoms with Crippen LogP contribution < -0.4 is 0 Å². The Labute approximate surface area is 238 Å². The average Bonchev–Trinajstić information content (AvgIpc) is 3.52. The first-order valence-electron chi connectivity index (χ1n) is 16.8. The summed E-state index contributed by atoms with van der Waals surface area (Å²) in [5.41, 5.74) is 3.51. The SMILES string of the molecule is CC(C)(C)N1CCC2(CCC2)C1.CC(C)(C)N1CCC2(CCC2)CC1.CC(C)(C)N1CCC2(CCCC2)C1. The van der Waals surface area contributed by atoms with Crippen LogP contribution in [0.2, 0.25) is 0 Å². The Morgan fingerprint density at radius 3 is 0.895 bits per heavy atom. The standard InChI is InChI=1S/2C12H23N.C11H21N/c1-11(2,3)13-9-7-12(8-10-13)5-4-6-12;1-11(2,3)13-9-8-12(10-13)6-4-5-7-12;1-10(2,3)12-8-7-11(9-12)5-4-6-11/h2*4-10H2,1-3H3;4-9H2,1-3H3. The molecule has 0 aromatic heterocycles. The van der Waals surface area contributed by atoms with Crippen LogP contribution in [0.1, 0.15) is 152 Å². The second-order valence-electron chi connectivity index (χ2n) is 17.8. The lowest BCUT2D eigenvalue weighted by atomic mass is 9.63. The molecule has 0 aromatic carbocycles. The Kier molecular flexibility index (Phi) is 9.15. The first-order valence-corrected chi connectivity index (χ1v) is 16.8. The van der Waals surface area contributed by atoms with E-state index in [1.165, 1.54) is 129 Å². The molecule has 6 rings (SSSR count). The van der Waals surface area contributed by atoms with E-state index in [9.17, 15) is 0 Å². The fourth-order valence-corrected chi connectivity index (χ4v) is 8.46. The molecule has 3 heteroatoms. The van der Waals surface area contributed by atoms with Crippen molar-refractivity contribution < 1.29 is 0 Å². The minimum atomic E-state index is 0.394. The van der Waals surface area contributed by atoms with Gasteiger partial charge in [0.05, 0.1) is 0 Å². The molecule has 0 N–H and O–H groups in total. The predicted octanol–water partition coefficient (Wildman–Crippen LogP) is 8.76. The summed E-state index contributed by atoms with van der Waals surface area (Å²) in [6, 6.07) is 0. The number of likely N-dealkylation sites (tertiary alicyclic amines) is 3. The van der Waals surface area contributed by atoms with E-state index < -0.39 is 0 Å². The van der Waals surface area contributed by atoms with Gasteiger partial charge in [0.15, 0.2) is 0 Å². The molecule has 6 fully saturated rings. The molecule has 3 aliphatic heterocycles. The molecule has 0 unspecified atom stereocenters. The van der Waals surface area contributed by atoms with Crippen LogP contribution in [0.3, 0.4) is 0 Å². The first-order chi connectivity index (χ1) is 17.6. The van der Waals surface area contributed by atoms with Crippen molar-refractivity contribution in [3.8, 4) is 0 Å². The van der Waals surface area contributed by atoms with Crippen molar-refractivity contribution in [2.24, 2.45) is 16.2 Å². The maximum absolute atomic E-state index is 2.68. The molecule has 0 atom stereocenters. The number of nitrogens with zero attached hydrogens (tertiary/aromatic N) is 3. The van der Waals surface area contributed by atoms with Gasteiger partial charge in [0, 0.05) is 29.7 Å². The molecular weight excluding hydrogens is 462 g/mol. The number of rotatable bonds is 0. The first kappa shape index (κ1) is 30.8. The molecule has 222 valence electrons. The zero-order valence-electron chi connectivity index (χ0n) is 27.5. The summed E-state index contributed by atoms with van der Waals surface area (Å²) >= 11 is 0. The Morgan fingerprint density at radius 2 is 0.632 bits per heavy atom. The monoisotopic (exact) mass is 530 g/mol. The highest BCUT2D eigenvalue weighted by atomic mass is 15.2. The summed E-state index contributed by atoms with van der Waals surface area (Å²) in [5.74, 6) is 0. The summed E-state index contributed by atoms with van der Waals surface area (Å²) in [7, 11) is 0. The minimum absolute atomic E-state index is 0.394. The van der Waals surface area contributed by atoms with Crippen molar-refractivity contribution in [1.29, 1.82) is 0 Å². The van der Waals surface area contributed by atoms with Gasteiger partial charge >= 0.3 is 0 Å². The van der Waals surface area contributed by atoms with Crippen LogP contribution >= 0.6 is 0 Å². The molecule has 3 heterocycles. The Balaban J connectivity index is 0.000000133. The molecule has 0 aromatic rings. The summed E-state index contributed by atoms with van der Waals surface area (Å²) in [6.45, 7) is 29.2. The highest BCUT2D eigenvalue weighted by Gasteiger charge is 2.45. The van der Waals surface area contributed by atoms with E-state index in [2.05, 4.69) is 77.0 Å². The van der Waals surface area contributed by atoms with Crippen molar-refractivity contribution in [3.63, 3.8) is 0 Å². The maximum atomic E-state index is 2.68. The Morgan fingerprint density at radius 1 is 0.342 bits per heavy atom. The summed E-state index contributed by atoms with van der Waals surface area (Å²) in [5, 5.41) is 0. The van der Waals surface area contributed by atoms with Gasteiger partial charge in [-0.25, -0.2) is 0 Å². The van der Waals surface area contributed by atoms with Gasteiger partial charge in [-0.05, 0) is 169 Å². The molecule has 0 radical (unpaired) electrons. The number of hydrogen-bond acceptors (Lipinski definition) is 3. The van der Waals surface area contributed by atoms with Crippen molar-refractivity contribution in [2.45, 2.75) is 169 Å². The van der Waals surface area contributed by atoms with Crippen LogP contribution in [0.4, 0.5) is 0 Å². The van der Waals surface area contributed by atoms with Gasteiger partial charge in [0.2, 0.25) is 0 Å². The van der Waals surface area contributed by atoms with Crippen molar-refractivity contribution in [3.05, 3.63) is 0 Å². The molecule has 3 aliphatic carbocycles. The summed E-state index contributed by atoms with van der Waals surface area (Å²) in [6.07, 6.45) is 20.8. The quantitative estimate of drug-likeness (QED) is 0.310. The zero-order valence-corrected chi connectivity index (χ0v) is 27.5. The van der Waals surface area contributed by atoms with E-state index in [-0.39, 0.29) is 0 Å². The fraction of sp³-hybridized carbons (Fsp3) is 1.00. The molecule has 3 nitrogen and oxygen atoms in total. The molecule has 6 aliphatic rings. The summed E-state index contributed by atoms with van der Waals surface area (Å²) < 4.78 is 0. The normalized spacial score (nSPS) is 29.0. The second-order valence-corrected chi connectivity index (χ2v) is 17.8. The molecular formula is C35H67N3. The third kappa shape index (κ3) is 7.39. The smallest absolute Gasteiger partial charge is 0.0125 e. The van der Waals surface area contributed by atoms with Gasteiger partial charge in [-0.1, -0.05) is 25.7 Å². The van der Waals surface area contributed by atoms with Gasteiger partial charge in [-0.2, -0.15) is 0 Å². The van der Waals surface area contributed by atoms with Crippen molar-refractivity contribution in [1.82, 2.24) is 14.7 Å². The third-order valence-electron chi connectivity index (χ3n) is 12.0. The summed E-state index contributed by atoms with van der Waals surface area (Å²) in [4.78, 5) is 7.99. The highest BCUT2D eigenvalue weighted by Crippen LogP contribution is 2.50. The topological polar surface area (TPSA) is 9.72 Å². The average molecular weight is 530 g/mol. The van der Waals surface area contributed by atoms with E-state index >= 15 is 0 Å². The number of piperidine rings is 1. The minimum Gasteiger partial charge on any atom is -0.298 e. The van der Waals surface area contributed by atoms with Gasteiger partial charge in [-0.3, -0.25) is 14.7 Å². The van der Waals surface area contributed by atoms with E-state index in [4.69, 9.17) is 0 Å². The van der Waals surface area contributed by atoms with Gasteiger partial charge in [-0.15, -0.1) is 0 Å². The lowest BCUT2D eigenvalue weighted by Crippen LogP contribution is -2.50. The molecule has 3 saturated heterocycles. The molecule has 38 heavy (non-hydrogen) atoms. The van der Waals surface area contributed by atoms with Gasteiger partial charge in [0.1, 0.15) is 0 Å². The van der Waals surface area contributed by atoms with Crippen LogP contribution in [0.5, 0.6) is 0 Å². The van der Waals surface area contributed by atoms with Gasteiger partial charge < -0.3 is 0 Å². The van der Waals surface area contributed by atoms with Crippen molar-refractivity contribution in [2.75, 3.05) is 39.3 Å². The lowest BCUT2D eigenvalue weighted by Gasteiger charge is -2.51. The lowest BCUT2D eigenvalue weighted by molar-refractivity contribution is -0.00196. The van der Waals surface area contributed by atoms with Crippen LogP contribution in [-0.4, -0.2) is 70.6 Å². The molecule has 0 bridgehead atoms. The Bertz CT molecular complexity index is 740. The number of hydrogen-bond donors (Lipinski definition) is 0. The van der Waals surface area contributed by atoms with E-state index in [1.54, 1.807) is 0 Å². The Hall–Kier alpha value is -0.120. The molecule has 3 saturated carbocycles. The van der Waals surface area contributed by atoms with Crippen LogP contribution in [0.15, 0.2) is 0 Å². The van der Waals surface area contributed by atoms with E-state index in [0.717, 1.165) is 16.2 Å². The second kappa shape index (κ2) is 11.3.